The second-order valence-corrected chi connectivity index (χ2v) is 6.23. The number of nitrogens with two attached hydrogens (primary N) is 1. The summed E-state index contributed by atoms with van der Waals surface area (Å²) in [7, 11) is 0. The smallest absolute Gasteiger partial charge is 0.251 e. The molecule has 0 saturated carbocycles. The zero-order chi connectivity index (χ0) is 18.0. The number of carbonyl (C=O) groups excluding carboxylic acids is 1. The number of fused-ring (bicyclic) bond motifs is 1. The molecular formula is C18H19ClN2O4. The third-order valence-electron chi connectivity index (χ3n) is 3.97. The fraction of sp³-hybridized carbons (Fsp3) is 0.278. The van der Waals surface area contributed by atoms with Gasteiger partial charge in [-0.15, -0.1) is 0 Å². The van der Waals surface area contributed by atoms with Crippen molar-refractivity contribution in [1.29, 1.82) is 0 Å². The molecule has 1 unspecified atom stereocenters. The predicted molar refractivity (Wildman–Crippen MR) is 95.3 cm³/mol. The third kappa shape index (κ3) is 3.81. The van der Waals surface area contributed by atoms with Gasteiger partial charge in [0.15, 0.2) is 11.5 Å². The van der Waals surface area contributed by atoms with Crippen molar-refractivity contribution in [2.45, 2.75) is 13.0 Å². The molecule has 0 spiro atoms. The topological polar surface area (TPSA) is 93.8 Å². The van der Waals surface area contributed by atoms with Gasteiger partial charge in [0.1, 0.15) is 13.2 Å². The minimum absolute atomic E-state index is 0.0308. The van der Waals surface area contributed by atoms with Gasteiger partial charge in [-0.05, 0) is 42.3 Å². The van der Waals surface area contributed by atoms with E-state index in [-0.39, 0.29) is 12.5 Å². The number of anilines is 1. The highest BCUT2D eigenvalue weighted by molar-refractivity contribution is 6.32. The Labute approximate surface area is 150 Å². The third-order valence-corrected chi connectivity index (χ3v) is 4.25. The Balaban J connectivity index is 1.70. The quantitative estimate of drug-likeness (QED) is 0.726. The number of nitrogens with one attached hydrogen (secondary N) is 1. The van der Waals surface area contributed by atoms with E-state index in [0.29, 0.717) is 46.5 Å². The first-order chi connectivity index (χ1) is 12.0. The fourth-order valence-electron chi connectivity index (χ4n) is 2.61. The van der Waals surface area contributed by atoms with Crippen LogP contribution in [0, 0.1) is 6.92 Å². The molecule has 1 amide bonds. The molecule has 1 atom stereocenters. The molecule has 7 heteroatoms. The summed E-state index contributed by atoms with van der Waals surface area (Å²) in [6.45, 7) is 2.72. The highest BCUT2D eigenvalue weighted by atomic mass is 35.5. The number of hydrogen-bond acceptors (Lipinski definition) is 5. The van der Waals surface area contributed by atoms with Crippen LogP contribution in [0.25, 0.3) is 0 Å². The van der Waals surface area contributed by atoms with Gasteiger partial charge in [0.05, 0.1) is 11.1 Å². The van der Waals surface area contributed by atoms with Crippen LogP contribution in [0.15, 0.2) is 30.3 Å². The molecule has 0 fully saturated rings. The molecule has 2 aromatic carbocycles. The van der Waals surface area contributed by atoms with Crippen molar-refractivity contribution < 1.29 is 19.4 Å². The average Bonchev–Trinajstić information content (AvgIpc) is 2.61. The number of nitrogen functional groups attached to an aromatic ring is 1. The zero-order valence-electron chi connectivity index (χ0n) is 13.7. The molecule has 0 aliphatic carbocycles. The zero-order valence-corrected chi connectivity index (χ0v) is 14.5. The van der Waals surface area contributed by atoms with Crippen LogP contribution in [0.5, 0.6) is 11.5 Å². The van der Waals surface area contributed by atoms with Crippen molar-refractivity contribution in [3.05, 3.63) is 52.0 Å². The Bertz CT molecular complexity index is 810. The first kappa shape index (κ1) is 17.4. The van der Waals surface area contributed by atoms with Gasteiger partial charge in [0, 0.05) is 17.8 Å². The SMILES string of the molecule is Cc1ccc(N)cc1C(=O)NCC(O)c1cc(Cl)c2c(c1)OCCO2. The molecule has 3 rings (SSSR count). The summed E-state index contributed by atoms with van der Waals surface area (Å²) in [5.41, 5.74) is 8.06. The minimum atomic E-state index is -0.932. The molecule has 0 bridgehead atoms. The van der Waals surface area contributed by atoms with Gasteiger partial charge in [-0.1, -0.05) is 17.7 Å². The van der Waals surface area contributed by atoms with Crippen LogP contribution < -0.4 is 20.5 Å². The number of hydrogen-bond donors (Lipinski definition) is 3. The Morgan fingerprint density at radius 1 is 1.32 bits per heavy atom. The van der Waals surface area contributed by atoms with Gasteiger partial charge in [-0.25, -0.2) is 0 Å². The van der Waals surface area contributed by atoms with Crippen molar-refractivity contribution in [1.82, 2.24) is 5.32 Å². The van der Waals surface area contributed by atoms with Crippen LogP contribution in [0.2, 0.25) is 5.02 Å². The molecule has 4 N–H and O–H groups in total. The van der Waals surface area contributed by atoms with Crippen LogP contribution in [0.4, 0.5) is 5.69 Å². The highest BCUT2D eigenvalue weighted by Gasteiger charge is 2.20. The maximum Gasteiger partial charge on any atom is 0.251 e. The van der Waals surface area contributed by atoms with Crippen molar-refractivity contribution in [2.75, 3.05) is 25.5 Å². The molecule has 0 aromatic heterocycles. The van der Waals surface area contributed by atoms with E-state index in [4.69, 9.17) is 26.8 Å². The number of aryl methyl sites for hydroxylation is 1. The number of halogens is 1. The fourth-order valence-corrected chi connectivity index (χ4v) is 2.88. The number of benzene rings is 2. The monoisotopic (exact) mass is 362 g/mol. The second-order valence-electron chi connectivity index (χ2n) is 5.83. The van der Waals surface area contributed by atoms with Crippen LogP contribution in [-0.2, 0) is 0 Å². The number of aliphatic hydroxyl groups is 1. The molecular weight excluding hydrogens is 344 g/mol. The van der Waals surface area contributed by atoms with Crippen molar-refractivity contribution >= 4 is 23.2 Å². The van der Waals surface area contributed by atoms with Crippen LogP contribution in [0.1, 0.15) is 27.6 Å². The van der Waals surface area contributed by atoms with Crippen LogP contribution in [-0.4, -0.2) is 30.8 Å². The maximum absolute atomic E-state index is 12.3. The highest BCUT2D eigenvalue weighted by Crippen LogP contribution is 2.39. The Hall–Kier alpha value is -2.44. The summed E-state index contributed by atoms with van der Waals surface area (Å²) < 4.78 is 10.9. The lowest BCUT2D eigenvalue weighted by atomic mass is 10.1. The lowest BCUT2D eigenvalue weighted by Crippen LogP contribution is -2.29. The number of amides is 1. The molecule has 6 nitrogen and oxygen atoms in total. The van der Waals surface area contributed by atoms with Gasteiger partial charge in [0.25, 0.3) is 5.91 Å². The number of carbonyl (C=O) groups is 1. The van der Waals surface area contributed by atoms with E-state index in [9.17, 15) is 9.90 Å². The van der Waals surface area contributed by atoms with Gasteiger partial charge >= 0.3 is 0 Å². The molecule has 0 saturated heterocycles. The first-order valence-electron chi connectivity index (χ1n) is 7.87. The molecule has 25 heavy (non-hydrogen) atoms. The molecule has 1 aliphatic rings. The van der Waals surface area contributed by atoms with Gasteiger partial charge in [-0.2, -0.15) is 0 Å². The van der Waals surface area contributed by atoms with E-state index in [1.807, 2.05) is 6.92 Å². The Morgan fingerprint density at radius 2 is 2.08 bits per heavy atom. The van der Waals surface area contributed by atoms with E-state index in [0.717, 1.165) is 5.56 Å². The molecule has 1 heterocycles. The van der Waals surface area contributed by atoms with Gasteiger partial charge in [-0.3, -0.25) is 4.79 Å². The summed E-state index contributed by atoms with van der Waals surface area (Å²) in [6.07, 6.45) is -0.932. The summed E-state index contributed by atoms with van der Waals surface area (Å²) in [5, 5.41) is 13.4. The van der Waals surface area contributed by atoms with Gasteiger partial charge < -0.3 is 25.6 Å². The van der Waals surface area contributed by atoms with Crippen LogP contribution >= 0.6 is 11.6 Å². The molecule has 1 aliphatic heterocycles. The molecule has 132 valence electrons. The Kier molecular flexibility index (Phi) is 5.01. The standard InChI is InChI=1S/C18H19ClN2O4/c1-10-2-3-12(20)8-13(10)18(23)21-9-15(22)11-6-14(19)17-16(7-11)24-4-5-25-17/h2-3,6-8,15,22H,4-5,9,20H2,1H3,(H,21,23). The maximum atomic E-state index is 12.3. The van der Waals surface area contributed by atoms with Crippen molar-refractivity contribution in [2.24, 2.45) is 0 Å². The minimum Gasteiger partial charge on any atom is -0.486 e. The predicted octanol–water partition coefficient (Wildman–Crippen LogP) is 2.47. The number of rotatable bonds is 4. The normalized spacial score (nSPS) is 14.0. The van der Waals surface area contributed by atoms with Crippen molar-refractivity contribution in [3.63, 3.8) is 0 Å². The largest absolute Gasteiger partial charge is 0.486 e. The number of ether oxygens (including phenoxy) is 2. The lowest BCUT2D eigenvalue weighted by Gasteiger charge is -2.21. The van der Waals surface area contributed by atoms with Crippen molar-refractivity contribution in [3.8, 4) is 11.5 Å². The molecule has 0 radical (unpaired) electrons. The summed E-state index contributed by atoms with van der Waals surface area (Å²) >= 11 is 6.17. The van der Waals surface area contributed by atoms with E-state index in [2.05, 4.69) is 5.32 Å². The summed E-state index contributed by atoms with van der Waals surface area (Å²) in [5.74, 6) is 0.668. The summed E-state index contributed by atoms with van der Waals surface area (Å²) in [4.78, 5) is 12.3. The van der Waals surface area contributed by atoms with Gasteiger partial charge in [0.2, 0.25) is 0 Å². The first-order valence-corrected chi connectivity index (χ1v) is 8.25. The summed E-state index contributed by atoms with van der Waals surface area (Å²) in [6, 6.07) is 8.40. The Morgan fingerprint density at radius 3 is 2.88 bits per heavy atom. The lowest BCUT2D eigenvalue weighted by molar-refractivity contribution is 0.0915. The van der Waals surface area contributed by atoms with E-state index in [1.54, 1.807) is 30.3 Å². The molecule has 2 aromatic rings. The number of aliphatic hydroxyl groups excluding tert-OH is 1. The van der Waals surface area contributed by atoms with E-state index < -0.39 is 6.10 Å². The van der Waals surface area contributed by atoms with Crippen LogP contribution in [0.3, 0.4) is 0 Å². The second kappa shape index (κ2) is 7.21. The van der Waals surface area contributed by atoms with E-state index >= 15 is 0 Å². The average molecular weight is 363 g/mol. The van der Waals surface area contributed by atoms with E-state index in [1.165, 1.54) is 0 Å².